The molecule has 0 heterocycles. The smallest absolute Gasteiger partial charge is 0.113 e. The van der Waals surface area contributed by atoms with Crippen LogP contribution < -0.4 is 15.3 Å². The number of aryl methyl sites for hydroxylation is 2. The topological polar surface area (TPSA) is 6.48 Å². The maximum absolute atomic E-state index is 5.97. The molecular formula is C32H27BN2. The van der Waals surface area contributed by atoms with E-state index in [1.54, 1.807) is 0 Å². The van der Waals surface area contributed by atoms with Crippen LogP contribution in [0.4, 0.5) is 34.1 Å². The maximum atomic E-state index is 5.97. The fraction of sp³-hybridized carbons (Fsp3) is 0.0625. The normalized spacial score (nSPS) is 10.7. The molecule has 0 spiro atoms. The fourth-order valence-electron chi connectivity index (χ4n) is 4.23. The van der Waals surface area contributed by atoms with Crippen molar-refractivity contribution < 1.29 is 0 Å². The second-order valence-corrected chi connectivity index (χ2v) is 8.79. The number of benzene rings is 5. The van der Waals surface area contributed by atoms with E-state index in [1.165, 1.54) is 11.1 Å². The largest absolute Gasteiger partial charge is 0.311 e. The molecule has 0 fully saturated rings. The first-order chi connectivity index (χ1) is 17.1. The Balaban J connectivity index is 1.57. The average molecular weight is 450 g/mol. The molecule has 0 aliphatic rings. The van der Waals surface area contributed by atoms with Crippen molar-refractivity contribution in [3.8, 4) is 0 Å². The Labute approximate surface area is 209 Å². The van der Waals surface area contributed by atoms with E-state index in [4.69, 9.17) is 7.85 Å². The average Bonchev–Trinajstić information content (AvgIpc) is 2.89. The van der Waals surface area contributed by atoms with E-state index >= 15 is 0 Å². The van der Waals surface area contributed by atoms with Crippen LogP contribution in [0.2, 0.25) is 0 Å². The van der Waals surface area contributed by atoms with E-state index in [1.807, 2.05) is 18.2 Å². The Kier molecular flexibility index (Phi) is 6.41. The van der Waals surface area contributed by atoms with Gasteiger partial charge in [-0.15, -0.1) is 0 Å². The van der Waals surface area contributed by atoms with Crippen molar-refractivity contribution in [3.63, 3.8) is 0 Å². The summed E-state index contributed by atoms with van der Waals surface area (Å²) in [4.78, 5) is 4.53. The minimum Gasteiger partial charge on any atom is -0.311 e. The van der Waals surface area contributed by atoms with Gasteiger partial charge in [0, 0.05) is 34.1 Å². The molecule has 3 heteroatoms. The number of anilines is 6. The van der Waals surface area contributed by atoms with Gasteiger partial charge in [-0.05, 0) is 86.6 Å². The van der Waals surface area contributed by atoms with Crippen LogP contribution in [0.1, 0.15) is 11.1 Å². The van der Waals surface area contributed by atoms with Gasteiger partial charge in [0.1, 0.15) is 7.85 Å². The molecule has 0 saturated carbocycles. The molecule has 0 aromatic heterocycles. The van der Waals surface area contributed by atoms with Crippen LogP contribution in [0.3, 0.4) is 0 Å². The zero-order valence-electron chi connectivity index (χ0n) is 20.1. The van der Waals surface area contributed by atoms with Crippen molar-refractivity contribution in [2.45, 2.75) is 13.8 Å². The van der Waals surface area contributed by atoms with Crippen LogP contribution in [-0.4, -0.2) is 7.85 Å². The van der Waals surface area contributed by atoms with Gasteiger partial charge < -0.3 is 9.80 Å². The third-order valence-corrected chi connectivity index (χ3v) is 6.12. The standard InChI is InChI=1S/C32H27BN2/c1-24-8-14-28(15-9-24)34(27-6-4-3-5-7-27)31-20-22-32(23-21-31)35(29-16-10-25(2)11-17-29)30-18-12-26(33)13-19-30/h3-23H,1-2H3. The zero-order chi connectivity index (χ0) is 24.2. The van der Waals surface area contributed by atoms with E-state index in [-0.39, 0.29) is 0 Å². The summed E-state index contributed by atoms with van der Waals surface area (Å²) in [6.45, 7) is 4.22. The van der Waals surface area contributed by atoms with E-state index < -0.39 is 0 Å². The Morgan fingerprint density at radius 2 is 0.657 bits per heavy atom. The second kappa shape index (κ2) is 9.94. The summed E-state index contributed by atoms with van der Waals surface area (Å²) < 4.78 is 0. The number of hydrogen-bond donors (Lipinski definition) is 0. The molecule has 0 bridgehead atoms. The second-order valence-electron chi connectivity index (χ2n) is 8.79. The molecule has 5 rings (SSSR count). The zero-order valence-corrected chi connectivity index (χ0v) is 20.1. The summed E-state index contributed by atoms with van der Waals surface area (Å²) in [6.07, 6.45) is 0. The van der Waals surface area contributed by atoms with Gasteiger partial charge in [-0.3, -0.25) is 0 Å². The van der Waals surface area contributed by atoms with Crippen LogP contribution >= 0.6 is 0 Å². The molecule has 35 heavy (non-hydrogen) atoms. The van der Waals surface area contributed by atoms with Crippen LogP contribution in [0, 0.1) is 13.8 Å². The first-order valence-electron chi connectivity index (χ1n) is 11.8. The van der Waals surface area contributed by atoms with Crippen molar-refractivity contribution >= 4 is 47.4 Å². The summed E-state index contributed by atoms with van der Waals surface area (Å²) in [7, 11) is 5.97. The lowest BCUT2D eigenvalue weighted by Crippen LogP contribution is -2.13. The highest BCUT2D eigenvalue weighted by atomic mass is 15.2. The van der Waals surface area contributed by atoms with Gasteiger partial charge in [-0.1, -0.05) is 71.2 Å². The van der Waals surface area contributed by atoms with Gasteiger partial charge >= 0.3 is 0 Å². The van der Waals surface area contributed by atoms with Crippen molar-refractivity contribution in [1.29, 1.82) is 0 Å². The Morgan fingerprint density at radius 1 is 0.371 bits per heavy atom. The number of hydrogen-bond acceptors (Lipinski definition) is 2. The Bertz CT molecular complexity index is 1330. The molecular weight excluding hydrogens is 423 g/mol. The predicted octanol–water partition coefficient (Wildman–Crippen LogP) is 8.04. The molecule has 0 saturated heterocycles. The minimum atomic E-state index is 0.754. The predicted molar refractivity (Wildman–Crippen MR) is 151 cm³/mol. The number of nitrogens with zero attached hydrogens (tertiary/aromatic N) is 2. The lowest BCUT2D eigenvalue weighted by molar-refractivity contribution is 1.25. The van der Waals surface area contributed by atoms with Gasteiger partial charge in [0.15, 0.2) is 0 Å². The molecule has 2 nitrogen and oxygen atoms in total. The van der Waals surface area contributed by atoms with Gasteiger partial charge in [0.25, 0.3) is 0 Å². The van der Waals surface area contributed by atoms with Crippen molar-refractivity contribution in [2.24, 2.45) is 0 Å². The highest BCUT2D eigenvalue weighted by molar-refractivity contribution is 6.32. The lowest BCUT2D eigenvalue weighted by atomic mass is 9.96. The van der Waals surface area contributed by atoms with Crippen molar-refractivity contribution in [1.82, 2.24) is 0 Å². The van der Waals surface area contributed by atoms with Crippen LogP contribution in [0.15, 0.2) is 127 Å². The first kappa shape index (κ1) is 22.6. The third kappa shape index (κ3) is 5.00. The van der Waals surface area contributed by atoms with Crippen LogP contribution in [0.25, 0.3) is 0 Å². The fourth-order valence-corrected chi connectivity index (χ4v) is 4.23. The summed E-state index contributed by atoms with van der Waals surface area (Å²) in [5, 5.41) is 0. The highest BCUT2D eigenvalue weighted by Crippen LogP contribution is 2.38. The number of para-hydroxylation sites is 1. The lowest BCUT2D eigenvalue weighted by Gasteiger charge is -2.28. The monoisotopic (exact) mass is 450 g/mol. The molecule has 0 unspecified atom stereocenters. The van der Waals surface area contributed by atoms with Gasteiger partial charge in [0.05, 0.1) is 0 Å². The molecule has 0 atom stereocenters. The van der Waals surface area contributed by atoms with E-state index in [9.17, 15) is 0 Å². The third-order valence-electron chi connectivity index (χ3n) is 6.12. The van der Waals surface area contributed by atoms with Gasteiger partial charge in [-0.2, -0.15) is 0 Å². The summed E-state index contributed by atoms with van der Waals surface area (Å²) in [6, 6.07) is 44.4. The first-order valence-corrected chi connectivity index (χ1v) is 11.8. The van der Waals surface area contributed by atoms with Crippen LogP contribution in [0.5, 0.6) is 0 Å². The quantitative estimate of drug-likeness (QED) is 0.242. The molecule has 5 aromatic rings. The minimum absolute atomic E-state index is 0.754. The highest BCUT2D eigenvalue weighted by Gasteiger charge is 2.15. The molecule has 5 aromatic carbocycles. The molecule has 0 amide bonds. The van der Waals surface area contributed by atoms with Crippen molar-refractivity contribution in [2.75, 3.05) is 9.80 Å². The Hall–Kier alpha value is -4.24. The van der Waals surface area contributed by atoms with E-state index in [2.05, 4.69) is 133 Å². The summed E-state index contributed by atoms with van der Waals surface area (Å²) >= 11 is 0. The van der Waals surface area contributed by atoms with E-state index in [0.717, 1.165) is 39.6 Å². The number of rotatable bonds is 6. The molecule has 0 aliphatic heterocycles. The van der Waals surface area contributed by atoms with Crippen molar-refractivity contribution in [3.05, 3.63) is 139 Å². The summed E-state index contributed by atoms with van der Waals surface area (Å²) in [5.41, 5.74) is 9.84. The molecule has 168 valence electrons. The molecule has 0 aliphatic carbocycles. The molecule has 2 radical (unpaired) electrons. The van der Waals surface area contributed by atoms with E-state index in [0.29, 0.717) is 0 Å². The maximum Gasteiger partial charge on any atom is 0.113 e. The molecule has 0 N–H and O–H groups in total. The van der Waals surface area contributed by atoms with Gasteiger partial charge in [-0.25, -0.2) is 0 Å². The van der Waals surface area contributed by atoms with Crippen LogP contribution in [-0.2, 0) is 0 Å². The summed E-state index contributed by atoms with van der Waals surface area (Å²) in [5.74, 6) is 0. The Morgan fingerprint density at radius 3 is 1.03 bits per heavy atom. The van der Waals surface area contributed by atoms with Gasteiger partial charge in [0.2, 0.25) is 0 Å². The SMILES string of the molecule is [B]c1ccc(N(c2ccc(C)cc2)c2ccc(N(c3ccccc3)c3ccc(C)cc3)cc2)cc1.